The standard InChI is InChI=1S/C15H14F2N2O4/c16-15(17)5-6-18(14(22)23)9(7-15)8-19-12(20)10-3-1-2-4-11(10)13(19)21/h1-4,9H,5-8H2,(H,22,23). The van der Waals surface area contributed by atoms with E-state index in [-0.39, 0.29) is 24.2 Å². The summed E-state index contributed by atoms with van der Waals surface area (Å²) in [5.74, 6) is -4.16. The Morgan fingerprint density at radius 2 is 1.78 bits per heavy atom. The smallest absolute Gasteiger partial charge is 0.407 e. The molecule has 122 valence electrons. The molecule has 0 aliphatic carbocycles. The van der Waals surface area contributed by atoms with Gasteiger partial charge in [-0.2, -0.15) is 0 Å². The Hall–Kier alpha value is -2.51. The van der Waals surface area contributed by atoms with Crippen molar-refractivity contribution < 1.29 is 28.3 Å². The van der Waals surface area contributed by atoms with Crippen LogP contribution in [0.25, 0.3) is 0 Å². The lowest BCUT2D eigenvalue weighted by Crippen LogP contribution is -2.54. The number of imide groups is 1. The van der Waals surface area contributed by atoms with Crippen LogP contribution in [-0.4, -0.2) is 57.9 Å². The van der Waals surface area contributed by atoms with Crippen molar-refractivity contribution in [2.45, 2.75) is 24.8 Å². The summed E-state index contributed by atoms with van der Waals surface area (Å²) < 4.78 is 27.2. The van der Waals surface area contributed by atoms with Gasteiger partial charge in [-0.1, -0.05) is 12.1 Å². The number of carbonyl (C=O) groups is 3. The number of fused-ring (bicyclic) bond motifs is 1. The third-order valence-electron chi connectivity index (χ3n) is 4.21. The maximum absolute atomic E-state index is 13.6. The Kier molecular flexibility index (Phi) is 3.54. The number of likely N-dealkylation sites (tertiary alicyclic amines) is 1. The second-order valence-corrected chi connectivity index (χ2v) is 5.71. The highest BCUT2D eigenvalue weighted by molar-refractivity contribution is 6.21. The summed E-state index contributed by atoms with van der Waals surface area (Å²) in [5, 5.41) is 9.15. The SMILES string of the molecule is O=C1c2ccccc2C(=O)N1CC1CC(F)(F)CCN1C(=O)O. The van der Waals surface area contributed by atoms with Gasteiger partial charge in [-0.05, 0) is 12.1 Å². The highest BCUT2D eigenvalue weighted by Gasteiger charge is 2.45. The zero-order chi connectivity index (χ0) is 16.8. The van der Waals surface area contributed by atoms with E-state index in [1.165, 1.54) is 12.1 Å². The van der Waals surface area contributed by atoms with Crippen LogP contribution in [0.2, 0.25) is 0 Å². The summed E-state index contributed by atoms with van der Waals surface area (Å²) in [5.41, 5.74) is 0.420. The molecular formula is C15H14F2N2O4. The van der Waals surface area contributed by atoms with E-state index in [1.54, 1.807) is 12.1 Å². The van der Waals surface area contributed by atoms with E-state index in [4.69, 9.17) is 5.11 Å². The Bertz CT molecular complexity index is 657. The molecule has 1 atom stereocenters. The molecule has 1 aromatic rings. The zero-order valence-corrected chi connectivity index (χ0v) is 12.0. The minimum Gasteiger partial charge on any atom is -0.465 e. The molecule has 2 aliphatic heterocycles. The van der Waals surface area contributed by atoms with E-state index in [1.807, 2.05) is 0 Å². The monoisotopic (exact) mass is 324 g/mol. The molecule has 2 heterocycles. The zero-order valence-electron chi connectivity index (χ0n) is 12.0. The molecule has 1 unspecified atom stereocenters. The largest absolute Gasteiger partial charge is 0.465 e. The van der Waals surface area contributed by atoms with Gasteiger partial charge in [0.2, 0.25) is 0 Å². The van der Waals surface area contributed by atoms with E-state index in [9.17, 15) is 23.2 Å². The third-order valence-corrected chi connectivity index (χ3v) is 4.21. The quantitative estimate of drug-likeness (QED) is 0.845. The van der Waals surface area contributed by atoms with Crippen LogP contribution in [0.15, 0.2) is 24.3 Å². The Balaban J connectivity index is 1.84. The van der Waals surface area contributed by atoms with E-state index in [0.717, 1.165) is 9.80 Å². The number of halogens is 2. The maximum atomic E-state index is 13.6. The van der Waals surface area contributed by atoms with Crippen LogP contribution in [0.3, 0.4) is 0 Å². The van der Waals surface area contributed by atoms with Crippen molar-refractivity contribution >= 4 is 17.9 Å². The molecule has 3 amide bonds. The summed E-state index contributed by atoms with van der Waals surface area (Å²) in [7, 11) is 0. The first kappa shape index (κ1) is 15.4. The lowest BCUT2D eigenvalue weighted by Gasteiger charge is -2.38. The van der Waals surface area contributed by atoms with Crippen LogP contribution in [0.1, 0.15) is 33.6 Å². The van der Waals surface area contributed by atoms with Gasteiger partial charge in [0.25, 0.3) is 17.7 Å². The first-order chi connectivity index (χ1) is 10.8. The Labute approximate surface area is 130 Å². The molecule has 1 N–H and O–H groups in total. The number of rotatable bonds is 2. The van der Waals surface area contributed by atoms with E-state index < -0.39 is 42.7 Å². The first-order valence-electron chi connectivity index (χ1n) is 7.13. The molecule has 0 spiro atoms. The molecule has 1 fully saturated rings. The highest BCUT2D eigenvalue weighted by atomic mass is 19.3. The normalized spacial score (nSPS) is 23.1. The van der Waals surface area contributed by atoms with Gasteiger partial charge >= 0.3 is 6.09 Å². The van der Waals surface area contributed by atoms with E-state index >= 15 is 0 Å². The number of alkyl halides is 2. The van der Waals surface area contributed by atoms with Crippen molar-refractivity contribution in [2.75, 3.05) is 13.1 Å². The van der Waals surface area contributed by atoms with Crippen LogP contribution >= 0.6 is 0 Å². The highest BCUT2D eigenvalue weighted by Crippen LogP contribution is 2.33. The number of nitrogens with zero attached hydrogens (tertiary/aromatic N) is 2. The molecule has 8 heteroatoms. The van der Waals surface area contributed by atoms with Gasteiger partial charge in [0.05, 0.1) is 23.7 Å². The summed E-state index contributed by atoms with van der Waals surface area (Å²) in [6, 6.07) is 5.07. The number of benzene rings is 1. The number of hydrogen-bond acceptors (Lipinski definition) is 3. The second-order valence-electron chi connectivity index (χ2n) is 5.71. The first-order valence-corrected chi connectivity index (χ1v) is 7.13. The van der Waals surface area contributed by atoms with Gasteiger partial charge in [-0.25, -0.2) is 13.6 Å². The fourth-order valence-electron chi connectivity index (χ4n) is 3.05. The van der Waals surface area contributed by atoms with Gasteiger partial charge in [-0.3, -0.25) is 14.5 Å². The number of hydrogen-bond donors (Lipinski definition) is 1. The van der Waals surface area contributed by atoms with Gasteiger partial charge in [0, 0.05) is 19.4 Å². The Morgan fingerprint density at radius 3 is 2.30 bits per heavy atom. The second kappa shape index (κ2) is 5.29. The molecule has 23 heavy (non-hydrogen) atoms. The number of amides is 3. The average Bonchev–Trinajstić information content (AvgIpc) is 2.72. The third kappa shape index (κ3) is 2.64. The van der Waals surface area contributed by atoms with Crippen molar-refractivity contribution in [2.24, 2.45) is 0 Å². The molecule has 1 aromatic carbocycles. The van der Waals surface area contributed by atoms with Crippen molar-refractivity contribution in [1.29, 1.82) is 0 Å². The summed E-state index contributed by atoms with van der Waals surface area (Å²) in [6.07, 6.45) is -2.59. The minimum atomic E-state index is -3.00. The molecular weight excluding hydrogens is 310 g/mol. The number of carboxylic acid groups (broad SMARTS) is 1. The average molecular weight is 324 g/mol. The van der Waals surface area contributed by atoms with Crippen LogP contribution < -0.4 is 0 Å². The van der Waals surface area contributed by atoms with Gasteiger partial charge < -0.3 is 10.0 Å². The summed E-state index contributed by atoms with van der Waals surface area (Å²) in [6.45, 7) is -0.690. The predicted molar refractivity (Wildman–Crippen MR) is 74.5 cm³/mol. The topological polar surface area (TPSA) is 77.9 Å². The summed E-state index contributed by atoms with van der Waals surface area (Å²) in [4.78, 5) is 37.5. The number of carbonyl (C=O) groups excluding carboxylic acids is 2. The summed E-state index contributed by atoms with van der Waals surface area (Å²) >= 11 is 0. The lowest BCUT2D eigenvalue weighted by atomic mass is 9.98. The van der Waals surface area contributed by atoms with E-state index in [2.05, 4.69) is 0 Å². The molecule has 6 nitrogen and oxygen atoms in total. The minimum absolute atomic E-state index is 0.210. The van der Waals surface area contributed by atoms with Crippen molar-refractivity contribution in [1.82, 2.24) is 9.80 Å². The van der Waals surface area contributed by atoms with Crippen molar-refractivity contribution in [3.8, 4) is 0 Å². The van der Waals surface area contributed by atoms with Gasteiger partial charge in [-0.15, -0.1) is 0 Å². The number of piperidine rings is 1. The van der Waals surface area contributed by atoms with E-state index in [0.29, 0.717) is 0 Å². The van der Waals surface area contributed by atoms with Crippen molar-refractivity contribution in [3.63, 3.8) is 0 Å². The fraction of sp³-hybridized carbons (Fsp3) is 0.400. The molecule has 2 aliphatic rings. The van der Waals surface area contributed by atoms with Crippen molar-refractivity contribution in [3.05, 3.63) is 35.4 Å². The molecule has 0 radical (unpaired) electrons. The lowest BCUT2D eigenvalue weighted by molar-refractivity contribution is -0.0739. The predicted octanol–water partition coefficient (Wildman–Crippen LogP) is 2.06. The molecule has 1 saturated heterocycles. The maximum Gasteiger partial charge on any atom is 0.407 e. The van der Waals surface area contributed by atoms with Crippen LogP contribution in [-0.2, 0) is 0 Å². The van der Waals surface area contributed by atoms with Crippen LogP contribution in [0, 0.1) is 0 Å². The van der Waals surface area contributed by atoms with Crippen LogP contribution in [0.4, 0.5) is 13.6 Å². The molecule has 3 rings (SSSR count). The molecule has 0 saturated carbocycles. The fourth-order valence-corrected chi connectivity index (χ4v) is 3.05. The molecule has 0 bridgehead atoms. The molecule has 0 aromatic heterocycles. The van der Waals surface area contributed by atoms with Gasteiger partial charge in [0.15, 0.2) is 0 Å². The van der Waals surface area contributed by atoms with Gasteiger partial charge in [0.1, 0.15) is 0 Å². The Morgan fingerprint density at radius 1 is 1.22 bits per heavy atom. The van der Waals surface area contributed by atoms with Crippen LogP contribution in [0.5, 0.6) is 0 Å².